The minimum atomic E-state index is -1.44. The average Bonchev–Trinajstić information content (AvgIpc) is 3.49. The number of aromatic nitrogens is 4. The molecule has 2 unspecified atom stereocenters. The molecule has 3 saturated heterocycles. The van der Waals surface area contributed by atoms with E-state index >= 15 is 0 Å². The molecule has 214 valence electrons. The van der Waals surface area contributed by atoms with Crippen molar-refractivity contribution < 1.29 is 34.1 Å². The number of nitrogens with zero attached hydrogens (tertiary/aromatic N) is 6. The van der Waals surface area contributed by atoms with Crippen LogP contribution in [0.5, 0.6) is 0 Å². The lowest BCUT2D eigenvalue weighted by Gasteiger charge is -2.38. The molecular weight excluding hydrogens is 524 g/mol. The highest BCUT2D eigenvalue weighted by Gasteiger charge is 2.47. The van der Waals surface area contributed by atoms with Crippen LogP contribution in [0.3, 0.4) is 0 Å². The number of carbonyl (C=O) groups excluding carboxylic acids is 3. The Morgan fingerprint density at radius 3 is 2.67 bits per heavy atom. The van der Waals surface area contributed by atoms with Crippen molar-refractivity contribution in [2.45, 2.75) is 63.4 Å². The Hall–Kier alpha value is -4.00. The molecule has 15 heteroatoms. The fraction of sp³-hybridized carbons (Fsp3) is 0.600. The van der Waals surface area contributed by atoms with E-state index in [4.69, 9.17) is 15.2 Å². The van der Waals surface area contributed by atoms with Crippen molar-refractivity contribution in [3.8, 4) is 11.8 Å². The first-order valence-corrected chi connectivity index (χ1v) is 13.2. The van der Waals surface area contributed by atoms with Gasteiger partial charge in [-0.1, -0.05) is 5.92 Å². The summed E-state index contributed by atoms with van der Waals surface area (Å²) in [6, 6.07) is 0. The second-order valence-electron chi connectivity index (χ2n) is 10.1. The fourth-order valence-corrected chi connectivity index (χ4v) is 4.95. The number of ether oxygens (including phenoxy) is 2. The van der Waals surface area contributed by atoms with Crippen molar-refractivity contribution in [1.29, 1.82) is 0 Å². The van der Waals surface area contributed by atoms with E-state index in [0.717, 1.165) is 12.8 Å². The number of nitrogens with one attached hydrogen (secondary N) is 1. The molecule has 2 aromatic rings. The molecule has 5 atom stereocenters. The van der Waals surface area contributed by atoms with Crippen molar-refractivity contribution in [2.24, 2.45) is 5.92 Å². The Balaban J connectivity index is 1.21. The Kier molecular flexibility index (Phi) is 7.74. The van der Waals surface area contributed by atoms with Gasteiger partial charge in [0.1, 0.15) is 17.7 Å². The second kappa shape index (κ2) is 11.2. The predicted octanol–water partition coefficient (Wildman–Crippen LogP) is -1.06. The van der Waals surface area contributed by atoms with Gasteiger partial charge in [0.2, 0.25) is 11.7 Å². The topological polar surface area (TPSA) is 198 Å². The Labute approximate surface area is 229 Å². The number of rotatable bonds is 5. The maximum Gasteiger partial charge on any atom is 0.411 e. The van der Waals surface area contributed by atoms with E-state index in [0.29, 0.717) is 26.1 Å². The lowest BCUT2D eigenvalue weighted by atomic mass is 9.94. The summed E-state index contributed by atoms with van der Waals surface area (Å²) in [6.45, 7) is 3.16. The summed E-state index contributed by atoms with van der Waals surface area (Å²) >= 11 is 0. The number of hydrogen-bond donors (Lipinski definition) is 4. The molecule has 5 heterocycles. The summed E-state index contributed by atoms with van der Waals surface area (Å²) in [7, 11) is 1.61. The highest BCUT2D eigenvalue weighted by molar-refractivity contribution is 5.84. The summed E-state index contributed by atoms with van der Waals surface area (Å²) < 4.78 is 12.5. The number of amides is 3. The van der Waals surface area contributed by atoms with Gasteiger partial charge in [0.15, 0.2) is 30.0 Å². The molecule has 3 amide bonds. The van der Waals surface area contributed by atoms with Gasteiger partial charge in [-0.25, -0.2) is 19.7 Å². The van der Waals surface area contributed by atoms with Crippen LogP contribution >= 0.6 is 0 Å². The Morgan fingerprint density at radius 2 is 2.00 bits per heavy atom. The number of aliphatic hydroxyl groups excluding tert-OH is 2. The van der Waals surface area contributed by atoms with Crippen LogP contribution in [0.15, 0.2) is 6.33 Å². The highest BCUT2D eigenvalue weighted by Crippen LogP contribution is 2.32. The Morgan fingerprint density at radius 1 is 1.25 bits per heavy atom. The van der Waals surface area contributed by atoms with Crippen molar-refractivity contribution in [3.05, 3.63) is 12.2 Å². The molecule has 40 heavy (non-hydrogen) atoms. The van der Waals surface area contributed by atoms with Crippen LogP contribution in [-0.4, -0.2) is 109 Å². The first kappa shape index (κ1) is 27.6. The summed E-state index contributed by atoms with van der Waals surface area (Å²) in [5.41, 5.74) is 6.60. The third-order valence-electron chi connectivity index (χ3n) is 7.45. The van der Waals surface area contributed by atoms with E-state index in [1.54, 1.807) is 18.9 Å². The molecule has 2 aromatic heterocycles. The normalized spacial score (nSPS) is 26.8. The number of imidazole rings is 1. The van der Waals surface area contributed by atoms with Crippen LogP contribution in [0.1, 0.15) is 44.7 Å². The van der Waals surface area contributed by atoms with Crippen LogP contribution in [0.2, 0.25) is 0 Å². The number of hydrogen-bond acceptors (Lipinski definition) is 11. The monoisotopic (exact) mass is 556 g/mol. The number of β-lactam (4-membered cyclic amide) rings is 1. The van der Waals surface area contributed by atoms with Crippen LogP contribution < -0.4 is 11.1 Å². The number of aliphatic hydroxyl groups is 2. The molecule has 0 bridgehead atoms. The second-order valence-corrected chi connectivity index (χ2v) is 10.1. The summed E-state index contributed by atoms with van der Waals surface area (Å²) in [6.07, 6.45) is -2.47. The van der Waals surface area contributed by atoms with Gasteiger partial charge < -0.3 is 40.5 Å². The molecule has 0 aromatic carbocycles. The number of piperidine rings is 1. The van der Waals surface area contributed by atoms with E-state index in [2.05, 4.69) is 32.1 Å². The number of likely N-dealkylation sites (N-methyl/N-ethyl adjacent to an activating group) is 1. The van der Waals surface area contributed by atoms with Gasteiger partial charge in [0.25, 0.3) is 5.91 Å². The molecular formula is C25H32N8O7. The molecule has 0 radical (unpaired) electrons. The molecule has 5 N–H and O–H groups in total. The van der Waals surface area contributed by atoms with Gasteiger partial charge in [-0.05, 0) is 31.6 Å². The molecule has 0 aliphatic carbocycles. The van der Waals surface area contributed by atoms with E-state index in [1.807, 2.05) is 0 Å². The summed E-state index contributed by atoms with van der Waals surface area (Å²) in [5, 5.41) is 23.5. The smallest absolute Gasteiger partial charge is 0.411 e. The zero-order valence-electron chi connectivity index (χ0n) is 22.2. The lowest BCUT2D eigenvalue weighted by molar-refractivity contribution is -0.161. The van der Waals surface area contributed by atoms with Crippen LogP contribution in [0.4, 0.5) is 10.6 Å². The van der Waals surface area contributed by atoms with Gasteiger partial charge in [0.05, 0.1) is 12.7 Å². The Bertz CT molecular complexity index is 1360. The van der Waals surface area contributed by atoms with Gasteiger partial charge in [-0.15, -0.1) is 0 Å². The molecule has 3 aliphatic heterocycles. The van der Waals surface area contributed by atoms with Gasteiger partial charge in [-0.2, -0.15) is 0 Å². The maximum atomic E-state index is 12.4. The number of nitrogen functional groups attached to an aromatic ring is 1. The van der Waals surface area contributed by atoms with Crippen molar-refractivity contribution in [2.75, 3.05) is 32.4 Å². The van der Waals surface area contributed by atoms with Crippen molar-refractivity contribution >= 4 is 34.9 Å². The minimum absolute atomic E-state index is 0.0437. The summed E-state index contributed by atoms with van der Waals surface area (Å²) in [4.78, 5) is 51.8. The van der Waals surface area contributed by atoms with Gasteiger partial charge in [0, 0.05) is 33.1 Å². The fourth-order valence-electron chi connectivity index (χ4n) is 4.95. The first-order valence-electron chi connectivity index (χ1n) is 13.2. The molecule has 0 saturated carbocycles. The average molecular weight is 557 g/mol. The molecule has 3 aliphatic rings. The number of fused-ring (bicyclic) bond motifs is 1. The van der Waals surface area contributed by atoms with Crippen LogP contribution in [0, 0.1) is 17.8 Å². The predicted molar refractivity (Wildman–Crippen MR) is 138 cm³/mol. The van der Waals surface area contributed by atoms with Crippen LogP contribution in [0.25, 0.3) is 11.2 Å². The quantitative estimate of drug-likeness (QED) is 0.259. The molecule has 0 spiro atoms. The van der Waals surface area contributed by atoms with E-state index in [9.17, 15) is 24.6 Å². The molecule has 5 rings (SSSR count). The van der Waals surface area contributed by atoms with Gasteiger partial charge >= 0.3 is 6.09 Å². The highest BCUT2D eigenvalue weighted by atomic mass is 16.6. The van der Waals surface area contributed by atoms with Crippen molar-refractivity contribution in [1.82, 2.24) is 34.6 Å². The minimum Gasteiger partial charge on any atom is -0.425 e. The third kappa shape index (κ3) is 5.25. The number of anilines is 1. The molecule has 15 nitrogen and oxygen atoms in total. The summed E-state index contributed by atoms with van der Waals surface area (Å²) in [5.74, 6) is 5.95. The number of carbonyl (C=O) groups is 3. The zero-order chi connectivity index (χ0) is 28.6. The standard InChI is InChI=1S/C25H32N8O7/c1-3-27-23(37)20-18(35)19(36)24(40-20)33-12-28-17-21(26)29-14(30-22(17)33)6-4-5-13-7-9-32(10-8-13)25(38)39-16-11-15(34)31(16)2/h12-13,16,18-20,24,35-36H,3,5,7-11H2,1-2H3,(H,27,37)(H2,26,29,30)/t16?,18?,19-,20-,24+/m0/s1. The van der Waals surface area contributed by atoms with E-state index in [-0.39, 0.29) is 41.1 Å². The SMILES string of the molecule is CCNC(=O)[C@H]1O[C@@H](n2cnc3c(N)nc(C#CCC4CCN(C(=O)OC5CC(=O)N5C)CC4)nc32)[C@@H](O)C1O. The largest absolute Gasteiger partial charge is 0.425 e. The van der Waals surface area contributed by atoms with E-state index < -0.39 is 42.8 Å². The zero-order valence-corrected chi connectivity index (χ0v) is 22.2. The first-order chi connectivity index (χ1) is 19.2. The van der Waals surface area contributed by atoms with Crippen LogP contribution in [-0.2, 0) is 19.1 Å². The van der Waals surface area contributed by atoms with Crippen molar-refractivity contribution in [3.63, 3.8) is 0 Å². The van der Waals surface area contributed by atoms with E-state index in [1.165, 1.54) is 15.8 Å². The maximum absolute atomic E-state index is 12.4. The van der Waals surface area contributed by atoms with Gasteiger partial charge in [-0.3, -0.25) is 14.2 Å². The number of nitrogens with two attached hydrogens (primary N) is 1. The number of likely N-dealkylation sites (tertiary alicyclic amines) is 2. The third-order valence-corrected chi connectivity index (χ3v) is 7.45. The lowest BCUT2D eigenvalue weighted by Crippen LogP contribution is -2.54. The molecule has 3 fully saturated rings.